The van der Waals surface area contributed by atoms with E-state index in [-0.39, 0.29) is 47.7 Å². The Morgan fingerprint density at radius 3 is 2.20 bits per heavy atom. The molecule has 1 aromatic rings. The Labute approximate surface area is 172 Å². The lowest BCUT2D eigenvalue weighted by atomic mass is 9.78. The van der Waals surface area contributed by atoms with Crippen LogP contribution in [0.15, 0.2) is 46.8 Å². The van der Waals surface area contributed by atoms with Crippen molar-refractivity contribution in [3.8, 4) is 6.07 Å². The number of nitrogens with one attached hydrogen (secondary N) is 1. The largest absolute Gasteiger partial charge is 0.463 e. The number of nitriles is 1. The summed E-state index contributed by atoms with van der Waals surface area (Å²) in [5.41, 5.74) is -0.947. The number of benzene rings is 1. The fourth-order valence-electron chi connectivity index (χ4n) is 3.33. The highest BCUT2D eigenvalue weighted by atomic mass is 19.4. The molecule has 0 radical (unpaired) electrons. The van der Waals surface area contributed by atoms with Gasteiger partial charge in [-0.3, -0.25) is 0 Å². The first-order valence-electron chi connectivity index (χ1n) is 9.19. The predicted octanol–water partition coefficient (Wildman–Crippen LogP) is 3.96. The quantitative estimate of drug-likeness (QED) is 0.552. The van der Waals surface area contributed by atoms with Crippen molar-refractivity contribution in [3.63, 3.8) is 0 Å². The van der Waals surface area contributed by atoms with Crippen LogP contribution in [-0.4, -0.2) is 25.2 Å². The number of carbonyl (C=O) groups excluding carboxylic acids is 2. The Morgan fingerprint density at radius 1 is 1.10 bits per heavy atom. The van der Waals surface area contributed by atoms with Crippen LogP contribution in [0.3, 0.4) is 0 Å². The molecule has 0 spiro atoms. The van der Waals surface area contributed by atoms with E-state index < -0.39 is 29.6 Å². The number of dihydropyridines is 1. The van der Waals surface area contributed by atoms with E-state index in [0.717, 1.165) is 6.07 Å². The minimum absolute atomic E-state index is 0.00783. The van der Waals surface area contributed by atoms with Gasteiger partial charge in [0.15, 0.2) is 0 Å². The van der Waals surface area contributed by atoms with Crippen LogP contribution in [-0.2, 0) is 25.2 Å². The molecule has 6 nitrogen and oxygen atoms in total. The van der Waals surface area contributed by atoms with Crippen LogP contribution >= 0.6 is 0 Å². The molecule has 1 aromatic carbocycles. The normalized spacial score (nSPS) is 16.6. The third-order valence-electron chi connectivity index (χ3n) is 4.50. The fourth-order valence-corrected chi connectivity index (χ4v) is 3.33. The number of ether oxygens (including phenoxy) is 2. The highest BCUT2D eigenvalue weighted by molar-refractivity contribution is 6.00. The van der Waals surface area contributed by atoms with E-state index in [1.54, 1.807) is 6.92 Å². The second kappa shape index (κ2) is 9.48. The summed E-state index contributed by atoms with van der Waals surface area (Å²) < 4.78 is 51.3. The van der Waals surface area contributed by atoms with Gasteiger partial charge in [0.1, 0.15) is 6.61 Å². The monoisotopic (exact) mass is 422 g/mol. The summed E-state index contributed by atoms with van der Waals surface area (Å²) in [6.45, 7) is 4.39. The molecule has 9 heteroatoms. The number of carbonyl (C=O) groups is 2. The van der Waals surface area contributed by atoms with Crippen molar-refractivity contribution in [3.05, 3.63) is 57.9 Å². The predicted molar refractivity (Wildman–Crippen MR) is 101 cm³/mol. The molecular weight excluding hydrogens is 401 g/mol. The number of hydrogen-bond acceptors (Lipinski definition) is 6. The van der Waals surface area contributed by atoms with Gasteiger partial charge in [-0.2, -0.15) is 18.4 Å². The maximum atomic E-state index is 13.7. The van der Waals surface area contributed by atoms with Gasteiger partial charge in [-0.15, -0.1) is 0 Å². The van der Waals surface area contributed by atoms with Crippen molar-refractivity contribution in [2.45, 2.75) is 39.3 Å². The Balaban J connectivity index is 2.71. The van der Waals surface area contributed by atoms with E-state index in [1.165, 1.54) is 32.0 Å². The standard InChI is InChI=1S/C21H21F3N2O4/c1-4-29-19(27)16-12(2)26-13(3)17(20(28)30-11-7-10-25)18(16)14-8-5-6-9-15(14)21(22,23)24/h5-6,8-9,18,26H,4,7,11H2,1-3H3. The Hall–Kier alpha value is -3.28. The van der Waals surface area contributed by atoms with Gasteiger partial charge in [0.25, 0.3) is 0 Å². The van der Waals surface area contributed by atoms with Crippen LogP contribution in [0.25, 0.3) is 0 Å². The molecule has 160 valence electrons. The first-order valence-corrected chi connectivity index (χ1v) is 9.19. The van der Waals surface area contributed by atoms with Gasteiger partial charge in [0, 0.05) is 11.4 Å². The van der Waals surface area contributed by atoms with Crippen molar-refractivity contribution in [2.24, 2.45) is 0 Å². The molecule has 0 saturated carbocycles. The van der Waals surface area contributed by atoms with Crippen LogP contribution in [0.5, 0.6) is 0 Å². The van der Waals surface area contributed by atoms with Crippen LogP contribution < -0.4 is 5.32 Å². The molecule has 0 aromatic heterocycles. The smallest absolute Gasteiger partial charge is 0.416 e. The third-order valence-corrected chi connectivity index (χ3v) is 4.50. The summed E-state index contributed by atoms with van der Waals surface area (Å²) in [6.07, 6.45) is -4.78. The maximum Gasteiger partial charge on any atom is 0.416 e. The summed E-state index contributed by atoms with van der Waals surface area (Å²) in [5.74, 6) is -3.09. The number of rotatable bonds is 6. The van der Waals surface area contributed by atoms with Crippen molar-refractivity contribution in [2.75, 3.05) is 13.2 Å². The highest BCUT2D eigenvalue weighted by Crippen LogP contribution is 2.44. The van der Waals surface area contributed by atoms with E-state index in [4.69, 9.17) is 14.7 Å². The van der Waals surface area contributed by atoms with E-state index in [2.05, 4.69) is 5.32 Å². The molecule has 2 rings (SSSR count). The molecule has 0 aliphatic carbocycles. The lowest BCUT2D eigenvalue weighted by Gasteiger charge is -2.31. The SMILES string of the molecule is CCOC(=O)C1=C(C)NC(C)=C(C(=O)OCCC#N)C1c1ccccc1C(F)(F)F. The summed E-state index contributed by atoms with van der Waals surface area (Å²) in [6, 6.07) is 6.57. The Kier molecular flexibility index (Phi) is 7.27. The average Bonchev–Trinajstić information content (AvgIpc) is 2.67. The van der Waals surface area contributed by atoms with E-state index >= 15 is 0 Å². The second-order valence-electron chi connectivity index (χ2n) is 6.48. The highest BCUT2D eigenvalue weighted by Gasteiger charge is 2.43. The number of hydrogen-bond donors (Lipinski definition) is 1. The summed E-state index contributed by atoms with van der Waals surface area (Å²) in [5, 5.41) is 11.5. The van der Waals surface area contributed by atoms with Crippen LogP contribution in [0, 0.1) is 11.3 Å². The molecular formula is C21H21F3N2O4. The van der Waals surface area contributed by atoms with Crippen molar-refractivity contribution >= 4 is 11.9 Å². The van der Waals surface area contributed by atoms with Crippen LogP contribution in [0.1, 0.15) is 44.2 Å². The van der Waals surface area contributed by atoms with Gasteiger partial charge in [-0.05, 0) is 32.4 Å². The minimum Gasteiger partial charge on any atom is -0.463 e. The minimum atomic E-state index is -4.71. The first-order chi connectivity index (χ1) is 14.1. The molecule has 1 unspecified atom stereocenters. The molecule has 1 aliphatic rings. The zero-order valence-electron chi connectivity index (χ0n) is 16.7. The molecule has 1 N–H and O–H groups in total. The van der Waals surface area contributed by atoms with Gasteiger partial charge >= 0.3 is 18.1 Å². The second-order valence-corrected chi connectivity index (χ2v) is 6.48. The van der Waals surface area contributed by atoms with Crippen LogP contribution in [0.4, 0.5) is 13.2 Å². The van der Waals surface area contributed by atoms with Crippen molar-refractivity contribution < 1.29 is 32.2 Å². The number of nitrogens with zero attached hydrogens (tertiary/aromatic N) is 1. The number of halogens is 3. The summed E-state index contributed by atoms with van der Waals surface area (Å²) in [7, 11) is 0. The lowest BCUT2D eigenvalue weighted by molar-refractivity contribution is -0.142. The molecule has 0 fully saturated rings. The van der Waals surface area contributed by atoms with Gasteiger partial charge in [-0.1, -0.05) is 18.2 Å². The molecule has 0 amide bonds. The van der Waals surface area contributed by atoms with Gasteiger partial charge in [0.05, 0.1) is 41.7 Å². The van der Waals surface area contributed by atoms with Gasteiger partial charge in [-0.25, -0.2) is 9.59 Å². The number of alkyl halides is 3. The summed E-state index contributed by atoms with van der Waals surface area (Å²) >= 11 is 0. The average molecular weight is 422 g/mol. The Bertz CT molecular complexity index is 942. The first kappa shape index (κ1) is 23.0. The Morgan fingerprint density at radius 2 is 1.67 bits per heavy atom. The number of allylic oxidation sites excluding steroid dienone is 2. The molecule has 1 heterocycles. The van der Waals surface area contributed by atoms with Gasteiger partial charge < -0.3 is 14.8 Å². The van der Waals surface area contributed by atoms with Crippen LogP contribution in [0.2, 0.25) is 0 Å². The number of esters is 2. The van der Waals surface area contributed by atoms with Crippen molar-refractivity contribution in [1.29, 1.82) is 5.26 Å². The summed E-state index contributed by atoms with van der Waals surface area (Å²) in [4.78, 5) is 25.4. The lowest BCUT2D eigenvalue weighted by Crippen LogP contribution is -2.33. The van der Waals surface area contributed by atoms with E-state index in [1.807, 2.05) is 6.07 Å². The third kappa shape index (κ3) is 4.82. The fraction of sp³-hybridized carbons (Fsp3) is 0.381. The van der Waals surface area contributed by atoms with E-state index in [0.29, 0.717) is 0 Å². The topological polar surface area (TPSA) is 88.4 Å². The van der Waals surface area contributed by atoms with Crippen molar-refractivity contribution in [1.82, 2.24) is 5.32 Å². The molecule has 1 atom stereocenters. The van der Waals surface area contributed by atoms with E-state index in [9.17, 15) is 22.8 Å². The maximum absolute atomic E-state index is 13.7. The molecule has 0 bridgehead atoms. The van der Waals surface area contributed by atoms with Gasteiger partial charge in [0.2, 0.25) is 0 Å². The zero-order chi connectivity index (χ0) is 22.5. The molecule has 30 heavy (non-hydrogen) atoms. The molecule has 1 aliphatic heterocycles. The molecule has 0 saturated heterocycles. The zero-order valence-corrected chi connectivity index (χ0v) is 16.7.